The van der Waals surface area contributed by atoms with E-state index in [2.05, 4.69) is 20.9 Å². The van der Waals surface area contributed by atoms with Crippen LogP contribution in [0, 0.1) is 0 Å². The maximum absolute atomic E-state index is 14.0. The number of rotatable bonds is 6. The van der Waals surface area contributed by atoms with Crippen LogP contribution < -0.4 is 10.6 Å². The molecule has 0 radical (unpaired) electrons. The van der Waals surface area contributed by atoms with Crippen LogP contribution in [0.3, 0.4) is 0 Å². The highest BCUT2D eigenvalue weighted by molar-refractivity contribution is 7.99. The normalized spacial score (nSPS) is 20.0. The highest BCUT2D eigenvalue weighted by Gasteiger charge is 2.39. The van der Waals surface area contributed by atoms with Crippen LogP contribution in [0.25, 0.3) is 0 Å². The van der Waals surface area contributed by atoms with E-state index >= 15 is 0 Å². The van der Waals surface area contributed by atoms with E-state index in [9.17, 15) is 19.2 Å². The third-order valence-electron chi connectivity index (χ3n) is 7.50. The number of nitrogens with zero attached hydrogens (tertiary/aromatic N) is 5. The molecule has 43 heavy (non-hydrogen) atoms. The van der Waals surface area contributed by atoms with Gasteiger partial charge in [-0.1, -0.05) is 65.3 Å². The van der Waals surface area contributed by atoms with Gasteiger partial charge < -0.3 is 20.4 Å². The van der Waals surface area contributed by atoms with Crippen LogP contribution in [0.15, 0.2) is 60.8 Å². The van der Waals surface area contributed by atoms with Gasteiger partial charge in [-0.2, -0.15) is 0 Å². The summed E-state index contributed by atoms with van der Waals surface area (Å²) in [6.45, 7) is 1.09. The molecule has 0 saturated carbocycles. The van der Waals surface area contributed by atoms with E-state index in [1.807, 2.05) is 54.6 Å². The molecule has 11 nitrogen and oxygen atoms in total. The van der Waals surface area contributed by atoms with Crippen LogP contribution >= 0.6 is 23.4 Å². The van der Waals surface area contributed by atoms with Gasteiger partial charge in [0.15, 0.2) is 0 Å². The molecule has 13 heteroatoms. The summed E-state index contributed by atoms with van der Waals surface area (Å²) in [6.07, 6.45) is 2.74. The zero-order valence-electron chi connectivity index (χ0n) is 23.7. The maximum Gasteiger partial charge on any atom is 0.246 e. The maximum atomic E-state index is 14.0. The highest BCUT2D eigenvalue weighted by atomic mass is 35.5. The minimum atomic E-state index is -0.936. The Hall–Kier alpha value is -3.90. The number of benzene rings is 2. The van der Waals surface area contributed by atoms with Gasteiger partial charge in [0, 0.05) is 43.3 Å². The predicted octanol–water partition coefficient (Wildman–Crippen LogP) is 2.04. The van der Waals surface area contributed by atoms with Gasteiger partial charge in [0.25, 0.3) is 0 Å². The van der Waals surface area contributed by atoms with Crippen molar-refractivity contribution in [1.29, 1.82) is 0 Å². The Labute approximate surface area is 259 Å². The van der Waals surface area contributed by atoms with Crippen LogP contribution in [0.1, 0.15) is 29.7 Å². The van der Waals surface area contributed by atoms with E-state index in [-0.39, 0.29) is 62.5 Å². The quantitative estimate of drug-likeness (QED) is 0.430. The van der Waals surface area contributed by atoms with Crippen molar-refractivity contribution in [3.8, 4) is 0 Å². The molecule has 1 fully saturated rings. The Bertz CT molecular complexity index is 1450. The van der Waals surface area contributed by atoms with Crippen LogP contribution in [0.2, 0.25) is 5.02 Å². The zero-order chi connectivity index (χ0) is 30.2. The Morgan fingerprint density at radius 2 is 1.81 bits per heavy atom. The molecule has 1 saturated heterocycles. The standard InChI is InChI=1S/C30H34ClN7O4S/c31-24-10-5-4-9-22(24)19-43-20-28(40)36-13-14-38-26(18-36)29(41)32-16-23-17-37(35-34-23)12-6-11-27(39)33-25(30(38)42)15-21-7-2-1-3-8-21/h1-5,7-10,17,25-26H,6,11-16,18-20H2,(H,32,41)(H,33,39)/t25-,26+/m0/s1. The number of piperazine rings is 1. The molecular formula is C30H34ClN7O4S. The highest BCUT2D eigenvalue weighted by Crippen LogP contribution is 2.22. The first kappa shape index (κ1) is 30.6. The lowest BCUT2D eigenvalue weighted by Gasteiger charge is -2.42. The van der Waals surface area contributed by atoms with Gasteiger partial charge in [0.1, 0.15) is 17.8 Å². The van der Waals surface area contributed by atoms with Gasteiger partial charge in [-0.15, -0.1) is 16.9 Å². The number of carbonyl (C=O) groups is 4. The Morgan fingerprint density at radius 1 is 1.02 bits per heavy atom. The van der Waals surface area contributed by atoms with Crippen molar-refractivity contribution < 1.29 is 19.2 Å². The van der Waals surface area contributed by atoms with Gasteiger partial charge in [-0.25, -0.2) is 0 Å². The van der Waals surface area contributed by atoms with Crippen molar-refractivity contribution in [2.24, 2.45) is 0 Å². The van der Waals surface area contributed by atoms with E-state index < -0.39 is 18.0 Å². The van der Waals surface area contributed by atoms with Crippen molar-refractivity contribution in [3.05, 3.63) is 82.6 Å². The van der Waals surface area contributed by atoms with Crippen molar-refractivity contribution in [1.82, 2.24) is 35.4 Å². The number of nitrogens with one attached hydrogen (secondary N) is 2. The summed E-state index contributed by atoms with van der Waals surface area (Å²) < 4.78 is 1.63. The van der Waals surface area contributed by atoms with Crippen LogP contribution in [-0.4, -0.2) is 85.9 Å². The summed E-state index contributed by atoms with van der Waals surface area (Å²) in [5, 5.41) is 14.6. The molecule has 0 spiro atoms. The van der Waals surface area contributed by atoms with Gasteiger partial charge >= 0.3 is 0 Å². The molecule has 2 atom stereocenters. The first-order chi connectivity index (χ1) is 20.9. The average Bonchev–Trinajstić information content (AvgIpc) is 3.47. The number of aryl methyl sites for hydroxylation is 1. The predicted molar refractivity (Wildman–Crippen MR) is 163 cm³/mol. The molecule has 0 aliphatic carbocycles. The summed E-state index contributed by atoms with van der Waals surface area (Å²) in [4.78, 5) is 56.9. The monoisotopic (exact) mass is 623 g/mol. The van der Waals surface area contributed by atoms with Crippen molar-refractivity contribution in [2.45, 2.75) is 50.2 Å². The van der Waals surface area contributed by atoms with Gasteiger partial charge in [0.2, 0.25) is 23.6 Å². The molecule has 3 aromatic rings. The molecule has 3 heterocycles. The second-order valence-electron chi connectivity index (χ2n) is 10.6. The topological polar surface area (TPSA) is 130 Å². The number of fused-ring (bicyclic) bond motifs is 3. The molecule has 1 aromatic heterocycles. The minimum absolute atomic E-state index is 0.0434. The summed E-state index contributed by atoms with van der Waals surface area (Å²) in [5.74, 6) is -0.335. The van der Waals surface area contributed by atoms with E-state index in [1.165, 1.54) is 16.7 Å². The van der Waals surface area contributed by atoms with E-state index in [0.29, 0.717) is 29.4 Å². The smallest absolute Gasteiger partial charge is 0.246 e. The zero-order valence-corrected chi connectivity index (χ0v) is 25.2. The third-order valence-corrected chi connectivity index (χ3v) is 8.83. The molecular weight excluding hydrogens is 590 g/mol. The summed E-state index contributed by atoms with van der Waals surface area (Å²) in [5.41, 5.74) is 2.40. The lowest BCUT2D eigenvalue weighted by Crippen LogP contribution is -2.64. The van der Waals surface area contributed by atoms with Gasteiger partial charge in [-0.05, 0) is 23.6 Å². The van der Waals surface area contributed by atoms with Crippen molar-refractivity contribution in [3.63, 3.8) is 0 Å². The Kier molecular flexibility index (Phi) is 10.3. The van der Waals surface area contributed by atoms with E-state index in [0.717, 1.165) is 11.1 Å². The van der Waals surface area contributed by atoms with Crippen LogP contribution in [-0.2, 0) is 44.4 Å². The third kappa shape index (κ3) is 8.14. The van der Waals surface area contributed by atoms with Crippen LogP contribution in [0.4, 0.5) is 0 Å². The number of halogens is 1. The fourth-order valence-corrected chi connectivity index (χ4v) is 6.41. The lowest BCUT2D eigenvalue weighted by molar-refractivity contribution is -0.149. The first-order valence-corrected chi connectivity index (χ1v) is 15.8. The number of carbonyl (C=O) groups excluding carboxylic acids is 4. The number of amides is 4. The van der Waals surface area contributed by atoms with E-state index in [1.54, 1.807) is 15.8 Å². The van der Waals surface area contributed by atoms with E-state index in [4.69, 9.17) is 11.6 Å². The number of hydrogen-bond donors (Lipinski definition) is 2. The SMILES string of the molecule is O=C1CCCn2cc(nn2)CNC(=O)[C@H]2CN(C(=O)CSCc3ccccc3Cl)CCN2C(=O)[C@H](Cc2ccccc2)N1. The minimum Gasteiger partial charge on any atom is -0.348 e. The molecule has 0 unspecified atom stereocenters. The molecule has 2 aliphatic heterocycles. The molecule has 2 aliphatic rings. The first-order valence-electron chi connectivity index (χ1n) is 14.3. The Balaban J connectivity index is 1.33. The summed E-state index contributed by atoms with van der Waals surface area (Å²) in [6, 6.07) is 15.2. The molecule has 5 rings (SSSR count). The van der Waals surface area contributed by atoms with Crippen molar-refractivity contribution in [2.75, 3.05) is 25.4 Å². The van der Waals surface area contributed by atoms with Crippen molar-refractivity contribution >= 4 is 47.0 Å². The van der Waals surface area contributed by atoms with Gasteiger partial charge in [-0.3, -0.25) is 23.9 Å². The van der Waals surface area contributed by atoms with Gasteiger partial charge in [0.05, 0.1) is 25.0 Å². The molecule has 2 N–H and O–H groups in total. The second-order valence-corrected chi connectivity index (χ2v) is 12.0. The fraction of sp³-hybridized carbons (Fsp3) is 0.400. The van der Waals surface area contributed by atoms with Crippen LogP contribution in [0.5, 0.6) is 0 Å². The summed E-state index contributed by atoms with van der Waals surface area (Å²) >= 11 is 7.71. The molecule has 226 valence electrons. The number of thioether (sulfide) groups is 1. The largest absolute Gasteiger partial charge is 0.348 e. The number of aromatic nitrogens is 3. The number of hydrogen-bond acceptors (Lipinski definition) is 7. The molecule has 2 bridgehead atoms. The summed E-state index contributed by atoms with van der Waals surface area (Å²) in [7, 11) is 0. The fourth-order valence-electron chi connectivity index (χ4n) is 5.20. The Morgan fingerprint density at radius 3 is 2.63 bits per heavy atom. The lowest BCUT2D eigenvalue weighted by atomic mass is 10.0. The average molecular weight is 624 g/mol. The molecule has 4 amide bonds. The second kappa shape index (κ2) is 14.5. The molecule has 2 aromatic carbocycles.